The quantitative estimate of drug-likeness (QED) is 0.662. The van der Waals surface area contributed by atoms with Crippen LogP contribution in [-0.4, -0.2) is 63.4 Å². The number of fused-ring (bicyclic) bond motifs is 1. The lowest BCUT2D eigenvalue weighted by atomic mass is 10.2. The van der Waals surface area contributed by atoms with Crippen LogP contribution in [0.15, 0.2) is 34.8 Å². The summed E-state index contributed by atoms with van der Waals surface area (Å²) in [5, 5.41) is 1.08. The molecule has 3 rings (SSSR count). The number of nitrogens with zero attached hydrogens (tertiary/aromatic N) is 3. The van der Waals surface area contributed by atoms with E-state index in [1.54, 1.807) is 11.4 Å². The number of piperazine rings is 1. The first-order valence-electron chi connectivity index (χ1n) is 8.28. The highest BCUT2D eigenvalue weighted by Crippen LogP contribution is 2.25. The van der Waals surface area contributed by atoms with Gasteiger partial charge in [0.05, 0.1) is 11.3 Å². The van der Waals surface area contributed by atoms with E-state index < -0.39 is 10.0 Å². The number of methoxy groups -OCH3 is 1. The molecule has 0 N–H and O–H groups in total. The Balaban J connectivity index is 1.67. The van der Waals surface area contributed by atoms with Gasteiger partial charge in [0, 0.05) is 49.8 Å². The Labute approximate surface area is 157 Å². The van der Waals surface area contributed by atoms with Crippen molar-refractivity contribution < 1.29 is 13.2 Å². The summed E-state index contributed by atoms with van der Waals surface area (Å²) >= 11 is 3.54. The van der Waals surface area contributed by atoms with Gasteiger partial charge in [-0.25, -0.2) is 13.4 Å². The first-order valence-corrected chi connectivity index (χ1v) is 10.7. The van der Waals surface area contributed by atoms with Crippen LogP contribution in [-0.2, 0) is 14.8 Å². The molecule has 1 saturated heterocycles. The summed E-state index contributed by atoms with van der Waals surface area (Å²) in [5.74, 6) is 1.03. The monoisotopic (exact) mass is 427 g/mol. The van der Waals surface area contributed by atoms with Gasteiger partial charge in [-0.3, -0.25) is 0 Å². The van der Waals surface area contributed by atoms with Crippen LogP contribution in [0.2, 0.25) is 0 Å². The highest BCUT2D eigenvalue weighted by atomic mass is 79.9. The number of ether oxygens (including phenoxy) is 1. The van der Waals surface area contributed by atoms with E-state index in [1.165, 1.54) is 0 Å². The third-order valence-corrected chi connectivity index (χ3v) is 6.96. The summed E-state index contributed by atoms with van der Waals surface area (Å²) < 4.78 is 32.2. The van der Waals surface area contributed by atoms with E-state index in [2.05, 4.69) is 26.9 Å². The molecule has 1 aliphatic rings. The van der Waals surface area contributed by atoms with Gasteiger partial charge in [0.25, 0.3) is 0 Å². The van der Waals surface area contributed by atoms with Gasteiger partial charge >= 0.3 is 0 Å². The van der Waals surface area contributed by atoms with Gasteiger partial charge in [-0.15, -0.1) is 0 Å². The minimum Gasteiger partial charge on any atom is -0.385 e. The van der Waals surface area contributed by atoms with Crippen LogP contribution in [0.25, 0.3) is 10.9 Å². The van der Waals surface area contributed by atoms with E-state index in [4.69, 9.17) is 9.72 Å². The van der Waals surface area contributed by atoms with Gasteiger partial charge in [0.2, 0.25) is 10.0 Å². The molecule has 1 aromatic heterocycles. The van der Waals surface area contributed by atoms with Gasteiger partial charge < -0.3 is 9.64 Å². The lowest BCUT2D eigenvalue weighted by Crippen LogP contribution is -2.49. The second-order valence-electron chi connectivity index (χ2n) is 6.03. The second-order valence-corrected chi connectivity index (χ2v) is 8.97. The topological polar surface area (TPSA) is 62.7 Å². The molecule has 0 amide bonds. The summed E-state index contributed by atoms with van der Waals surface area (Å²) in [6, 6.07) is 10.0. The Morgan fingerprint density at radius 2 is 1.92 bits per heavy atom. The van der Waals surface area contributed by atoms with Gasteiger partial charge in [-0.2, -0.15) is 4.31 Å². The third kappa shape index (κ3) is 4.31. The number of hydrogen-bond donors (Lipinski definition) is 0. The zero-order chi connectivity index (χ0) is 17.9. The summed E-state index contributed by atoms with van der Waals surface area (Å²) in [6.45, 7) is 2.74. The number of pyridine rings is 1. The van der Waals surface area contributed by atoms with Crippen LogP contribution in [0, 0.1) is 0 Å². The van der Waals surface area contributed by atoms with Crippen molar-refractivity contribution in [3.8, 4) is 0 Å². The molecule has 8 heteroatoms. The maximum atomic E-state index is 12.4. The van der Waals surface area contributed by atoms with Gasteiger partial charge in [0.15, 0.2) is 0 Å². The molecule has 0 spiro atoms. The molecule has 2 heterocycles. The molecule has 0 aliphatic carbocycles. The highest BCUT2D eigenvalue weighted by Gasteiger charge is 2.27. The van der Waals surface area contributed by atoms with E-state index >= 15 is 0 Å². The maximum absolute atomic E-state index is 12.4. The second kappa shape index (κ2) is 7.99. The third-order valence-electron chi connectivity index (χ3n) is 4.36. The lowest BCUT2D eigenvalue weighted by molar-refractivity contribution is 0.199. The standard InChI is InChI=1S/C17H22BrN3O3S/c1-24-12-3-13-25(22,23)21-10-8-20(9-11-21)16-7-6-14-4-2-5-15(18)17(14)19-16/h2,4-7H,3,8-13H2,1H3. The summed E-state index contributed by atoms with van der Waals surface area (Å²) in [4.78, 5) is 6.88. The molecular weight excluding hydrogens is 406 g/mol. The van der Waals surface area contributed by atoms with E-state index in [-0.39, 0.29) is 5.75 Å². The van der Waals surface area contributed by atoms with Crippen LogP contribution in [0.5, 0.6) is 0 Å². The first-order chi connectivity index (χ1) is 12.0. The summed E-state index contributed by atoms with van der Waals surface area (Å²) in [6.07, 6.45) is 0.527. The molecule has 0 saturated carbocycles. The van der Waals surface area contributed by atoms with Crippen LogP contribution >= 0.6 is 15.9 Å². The summed E-state index contributed by atoms with van der Waals surface area (Å²) in [7, 11) is -1.62. The maximum Gasteiger partial charge on any atom is 0.214 e. The fourth-order valence-electron chi connectivity index (χ4n) is 2.99. The number of anilines is 1. The Hall–Kier alpha value is -1.22. The molecule has 0 radical (unpaired) electrons. The average Bonchev–Trinajstić information content (AvgIpc) is 2.62. The largest absolute Gasteiger partial charge is 0.385 e. The Morgan fingerprint density at radius 1 is 1.16 bits per heavy atom. The van der Waals surface area contributed by atoms with E-state index in [0.717, 1.165) is 21.2 Å². The van der Waals surface area contributed by atoms with Gasteiger partial charge in [0.1, 0.15) is 5.82 Å². The molecular formula is C17H22BrN3O3S. The van der Waals surface area contributed by atoms with Crippen LogP contribution in [0.3, 0.4) is 0 Å². The molecule has 1 fully saturated rings. The SMILES string of the molecule is COCCCS(=O)(=O)N1CCN(c2ccc3cccc(Br)c3n2)CC1. The molecule has 0 atom stereocenters. The average molecular weight is 428 g/mol. The van der Waals surface area contributed by atoms with Crippen molar-refractivity contribution in [3.63, 3.8) is 0 Å². The fourth-order valence-corrected chi connectivity index (χ4v) is 4.92. The van der Waals surface area contributed by atoms with E-state index in [9.17, 15) is 8.42 Å². The minimum atomic E-state index is -3.20. The molecule has 0 unspecified atom stereocenters. The number of rotatable bonds is 6. The Morgan fingerprint density at radius 3 is 2.64 bits per heavy atom. The van der Waals surface area contributed by atoms with Crippen molar-refractivity contribution in [1.29, 1.82) is 0 Å². The van der Waals surface area contributed by atoms with Gasteiger partial charge in [-0.1, -0.05) is 12.1 Å². The molecule has 0 bridgehead atoms. The van der Waals surface area contributed by atoms with Crippen molar-refractivity contribution in [2.24, 2.45) is 0 Å². The van der Waals surface area contributed by atoms with Crippen LogP contribution < -0.4 is 4.90 Å². The van der Waals surface area contributed by atoms with Crippen molar-refractivity contribution in [1.82, 2.24) is 9.29 Å². The predicted molar refractivity (Wildman–Crippen MR) is 104 cm³/mol. The molecule has 1 aliphatic heterocycles. The molecule has 6 nitrogen and oxygen atoms in total. The minimum absolute atomic E-state index is 0.141. The fraction of sp³-hybridized carbons (Fsp3) is 0.471. The smallest absolute Gasteiger partial charge is 0.214 e. The van der Waals surface area contributed by atoms with Crippen molar-refractivity contribution in [3.05, 3.63) is 34.8 Å². The number of halogens is 1. The van der Waals surface area contributed by atoms with Crippen molar-refractivity contribution in [2.45, 2.75) is 6.42 Å². The normalized spacial score (nSPS) is 16.5. The lowest BCUT2D eigenvalue weighted by Gasteiger charge is -2.34. The van der Waals surface area contributed by atoms with Crippen LogP contribution in [0.1, 0.15) is 6.42 Å². The van der Waals surface area contributed by atoms with E-state index in [1.807, 2.05) is 24.3 Å². The number of hydrogen-bond acceptors (Lipinski definition) is 5. The highest BCUT2D eigenvalue weighted by molar-refractivity contribution is 9.10. The number of benzene rings is 1. The zero-order valence-electron chi connectivity index (χ0n) is 14.2. The zero-order valence-corrected chi connectivity index (χ0v) is 16.6. The number of sulfonamides is 1. The first kappa shape index (κ1) is 18.6. The van der Waals surface area contributed by atoms with Crippen molar-refractivity contribution >= 4 is 42.7 Å². The molecule has 25 heavy (non-hydrogen) atoms. The molecule has 136 valence electrons. The summed E-state index contributed by atoms with van der Waals surface area (Å²) in [5.41, 5.74) is 0.926. The number of aromatic nitrogens is 1. The van der Waals surface area contributed by atoms with Crippen molar-refractivity contribution in [2.75, 3.05) is 50.5 Å². The molecule has 2 aromatic rings. The van der Waals surface area contributed by atoms with Gasteiger partial charge in [-0.05, 0) is 40.5 Å². The van der Waals surface area contributed by atoms with Crippen LogP contribution in [0.4, 0.5) is 5.82 Å². The predicted octanol–water partition coefficient (Wildman–Crippen LogP) is 2.49. The van der Waals surface area contributed by atoms with E-state index in [0.29, 0.717) is 39.2 Å². The number of para-hydroxylation sites is 1. The Kier molecular flexibility index (Phi) is 5.93. The molecule has 1 aromatic carbocycles. The Bertz CT molecular complexity index is 836.